The molecule has 1 fully saturated rings. The Morgan fingerprint density at radius 2 is 1.90 bits per heavy atom. The zero-order chi connectivity index (χ0) is 22.5. The van der Waals surface area contributed by atoms with Crippen molar-refractivity contribution in [2.45, 2.75) is 65.6 Å². The van der Waals surface area contributed by atoms with Crippen LogP contribution < -0.4 is 5.32 Å². The van der Waals surface area contributed by atoms with Crippen LogP contribution in [0.15, 0.2) is 43.0 Å². The van der Waals surface area contributed by atoms with Crippen molar-refractivity contribution in [2.75, 3.05) is 0 Å². The Balaban J connectivity index is 2.13. The van der Waals surface area contributed by atoms with E-state index in [1.807, 2.05) is 51.1 Å². The van der Waals surface area contributed by atoms with E-state index in [0.29, 0.717) is 0 Å². The van der Waals surface area contributed by atoms with Gasteiger partial charge in [-0.1, -0.05) is 57.2 Å². The van der Waals surface area contributed by atoms with Crippen molar-refractivity contribution in [1.29, 1.82) is 0 Å². The molecule has 0 aromatic heterocycles. The SMILES string of the molecule is C=CCC(C(=O)NC(C(=O)OCc1ccccc1)C(C)(C)C)C1OC(C)(C)OC1=O. The molecule has 1 aliphatic heterocycles. The van der Waals surface area contributed by atoms with E-state index in [2.05, 4.69) is 11.9 Å². The van der Waals surface area contributed by atoms with Crippen LogP contribution in [0.1, 0.15) is 46.6 Å². The first-order chi connectivity index (χ1) is 13.9. The summed E-state index contributed by atoms with van der Waals surface area (Å²) in [5.74, 6) is -3.64. The summed E-state index contributed by atoms with van der Waals surface area (Å²) in [5.41, 5.74) is 0.233. The minimum Gasteiger partial charge on any atom is -0.459 e. The normalized spacial score (nSPS) is 20.0. The molecule has 7 nitrogen and oxygen atoms in total. The lowest BCUT2D eigenvalue weighted by Gasteiger charge is -2.31. The molecule has 1 amide bonds. The fraction of sp³-hybridized carbons (Fsp3) is 0.522. The molecule has 1 aromatic carbocycles. The number of ether oxygens (including phenoxy) is 3. The predicted octanol–water partition coefficient (Wildman–Crippen LogP) is 3.13. The lowest BCUT2D eigenvalue weighted by molar-refractivity contribution is -0.162. The van der Waals surface area contributed by atoms with Crippen LogP contribution in [0.2, 0.25) is 0 Å². The van der Waals surface area contributed by atoms with Gasteiger partial charge in [0.15, 0.2) is 6.10 Å². The predicted molar refractivity (Wildman–Crippen MR) is 111 cm³/mol. The van der Waals surface area contributed by atoms with Crippen LogP contribution >= 0.6 is 0 Å². The number of amides is 1. The molecule has 0 saturated carbocycles. The monoisotopic (exact) mass is 417 g/mol. The average Bonchev–Trinajstić information content (AvgIpc) is 2.94. The van der Waals surface area contributed by atoms with Crippen LogP contribution in [-0.4, -0.2) is 35.8 Å². The molecule has 2 rings (SSSR count). The average molecular weight is 418 g/mol. The summed E-state index contributed by atoms with van der Waals surface area (Å²) in [7, 11) is 0. The van der Waals surface area contributed by atoms with Crippen molar-refractivity contribution in [3.8, 4) is 0 Å². The minimum absolute atomic E-state index is 0.102. The number of benzene rings is 1. The molecule has 1 N–H and O–H groups in total. The lowest BCUT2D eigenvalue weighted by atomic mass is 9.85. The molecule has 1 saturated heterocycles. The molecule has 164 valence electrons. The van der Waals surface area contributed by atoms with Gasteiger partial charge in [0.1, 0.15) is 12.6 Å². The molecule has 1 aliphatic rings. The molecule has 3 atom stereocenters. The van der Waals surface area contributed by atoms with Gasteiger partial charge in [0.25, 0.3) is 0 Å². The van der Waals surface area contributed by atoms with Gasteiger partial charge in [-0.3, -0.25) is 4.79 Å². The highest BCUT2D eigenvalue weighted by Crippen LogP contribution is 2.30. The number of rotatable bonds is 8. The zero-order valence-electron chi connectivity index (χ0n) is 18.3. The van der Waals surface area contributed by atoms with Crippen molar-refractivity contribution in [2.24, 2.45) is 11.3 Å². The molecule has 0 bridgehead atoms. The van der Waals surface area contributed by atoms with Gasteiger partial charge in [-0.25, -0.2) is 9.59 Å². The van der Waals surface area contributed by atoms with E-state index >= 15 is 0 Å². The lowest BCUT2D eigenvalue weighted by Crippen LogP contribution is -2.53. The van der Waals surface area contributed by atoms with Gasteiger partial charge in [0.2, 0.25) is 11.7 Å². The molecular formula is C23H31NO6. The second kappa shape index (κ2) is 9.43. The first-order valence-corrected chi connectivity index (χ1v) is 9.97. The number of nitrogens with one attached hydrogen (secondary N) is 1. The highest BCUT2D eigenvalue weighted by Gasteiger charge is 2.48. The van der Waals surface area contributed by atoms with E-state index in [1.165, 1.54) is 6.08 Å². The van der Waals surface area contributed by atoms with Crippen LogP contribution in [0.3, 0.4) is 0 Å². The molecule has 7 heteroatoms. The first-order valence-electron chi connectivity index (χ1n) is 9.97. The third kappa shape index (κ3) is 6.16. The summed E-state index contributed by atoms with van der Waals surface area (Å²) in [4.78, 5) is 38.1. The number of hydrogen-bond acceptors (Lipinski definition) is 6. The maximum absolute atomic E-state index is 13.1. The third-order valence-electron chi connectivity index (χ3n) is 4.72. The van der Waals surface area contributed by atoms with Gasteiger partial charge >= 0.3 is 11.9 Å². The van der Waals surface area contributed by atoms with Gasteiger partial charge in [-0.05, 0) is 17.4 Å². The Bertz CT molecular complexity index is 781. The number of cyclic esters (lactones) is 1. The Morgan fingerprint density at radius 3 is 2.40 bits per heavy atom. The highest BCUT2D eigenvalue weighted by molar-refractivity contribution is 5.91. The maximum Gasteiger partial charge on any atom is 0.338 e. The fourth-order valence-corrected chi connectivity index (χ4v) is 3.16. The summed E-state index contributed by atoms with van der Waals surface area (Å²) in [6, 6.07) is 8.38. The van der Waals surface area contributed by atoms with Gasteiger partial charge in [-0.2, -0.15) is 0 Å². The van der Waals surface area contributed by atoms with Crippen molar-refractivity contribution >= 4 is 17.8 Å². The van der Waals surface area contributed by atoms with E-state index in [0.717, 1.165) is 5.56 Å². The Kier molecular flexibility index (Phi) is 7.42. The number of carbonyl (C=O) groups excluding carboxylic acids is 3. The molecule has 0 spiro atoms. The van der Waals surface area contributed by atoms with Gasteiger partial charge in [-0.15, -0.1) is 6.58 Å². The first kappa shape index (κ1) is 23.6. The standard InChI is InChI=1S/C23H31NO6/c1-7-11-16(17-20(26)30-23(5,6)29-17)19(25)24-18(22(2,3)4)21(27)28-14-15-12-9-8-10-13-15/h7-10,12-13,16-18H,1,11,14H2,2-6H3,(H,24,25). The summed E-state index contributed by atoms with van der Waals surface area (Å²) < 4.78 is 16.3. The number of allylic oxidation sites excluding steroid dienone is 1. The summed E-state index contributed by atoms with van der Waals surface area (Å²) in [6.45, 7) is 12.5. The topological polar surface area (TPSA) is 90.9 Å². The molecule has 1 heterocycles. The zero-order valence-corrected chi connectivity index (χ0v) is 18.3. The van der Waals surface area contributed by atoms with Crippen LogP contribution in [0.5, 0.6) is 0 Å². The molecule has 30 heavy (non-hydrogen) atoms. The maximum atomic E-state index is 13.1. The van der Waals surface area contributed by atoms with Crippen molar-refractivity contribution in [3.05, 3.63) is 48.6 Å². The number of esters is 2. The second-order valence-corrected chi connectivity index (χ2v) is 8.89. The Labute approximate surface area is 177 Å². The van der Waals surface area contributed by atoms with Gasteiger partial charge in [0.05, 0.1) is 5.92 Å². The van der Waals surface area contributed by atoms with E-state index < -0.39 is 47.1 Å². The summed E-state index contributed by atoms with van der Waals surface area (Å²) >= 11 is 0. The van der Waals surface area contributed by atoms with E-state index in [9.17, 15) is 14.4 Å². The van der Waals surface area contributed by atoms with Crippen LogP contribution in [0.4, 0.5) is 0 Å². The fourth-order valence-electron chi connectivity index (χ4n) is 3.16. The van der Waals surface area contributed by atoms with Crippen molar-refractivity contribution in [1.82, 2.24) is 5.32 Å². The molecule has 0 radical (unpaired) electrons. The van der Waals surface area contributed by atoms with E-state index in [1.54, 1.807) is 13.8 Å². The molecular weight excluding hydrogens is 386 g/mol. The molecule has 1 aromatic rings. The number of carbonyl (C=O) groups is 3. The minimum atomic E-state index is -1.11. The van der Waals surface area contributed by atoms with E-state index in [-0.39, 0.29) is 13.0 Å². The van der Waals surface area contributed by atoms with Crippen LogP contribution in [0.25, 0.3) is 0 Å². The van der Waals surface area contributed by atoms with Gasteiger partial charge < -0.3 is 19.5 Å². The highest BCUT2D eigenvalue weighted by atomic mass is 16.8. The van der Waals surface area contributed by atoms with Crippen molar-refractivity contribution in [3.63, 3.8) is 0 Å². The molecule has 0 aliphatic carbocycles. The Hall–Kier alpha value is -2.67. The van der Waals surface area contributed by atoms with Crippen molar-refractivity contribution < 1.29 is 28.6 Å². The molecule has 3 unspecified atom stereocenters. The quantitative estimate of drug-likeness (QED) is 0.516. The van der Waals surface area contributed by atoms with E-state index in [4.69, 9.17) is 14.2 Å². The second-order valence-electron chi connectivity index (χ2n) is 8.89. The third-order valence-corrected chi connectivity index (χ3v) is 4.72. The largest absolute Gasteiger partial charge is 0.459 e. The Morgan fingerprint density at radius 1 is 1.27 bits per heavy atom. The summed E-state index contributed by atoms with van der Waals surface area (Å²) in [6.07, 6.45) is 0.655. The number of hydrogen-bond donors (Lipinski definition) is 1. The van der Waals surface area contributed by atoms with Crippen LogP contribution in [-0.2, 0) is 35.2 Å². The summed E-state index contributed by atoms with van der Waals surface area (Å²) in [5, 5.41) is 2.75. The van der Waals surface area contributed by atoms with Crippen LogP contribution in [0, 0.1) is 11.3 Å². The van der Waals surface area contributed by atoms with Gasteiger partial charge in [0, 0.05) is 13.8 Å². The smallest absolute Gasteiger partial charge is 0.338 e.